The Balaban J connectivity index is 1.97. The van der Waals surface area contributed by atoms with Crippen LogP contribution in [-0.2, 0) is 25.9 Å². The van der Waals surface area contributed by atoms with Crippen molar-refractivity contribution in [3.63, 3.8) is 0 Å². The van der Waals surface area contributed by atoms with Gasteiger partial charge in [-0.3, -0.25) is 4.79 Å². The molecule has 0 aromatic heterocycles. The Hall–Kier alpha value is -1.44. The van der Waals surface area contributed by atoms with Gasteiger partial charge in [-0.15, -0.1) is 0 Å². The van der Waals surface area contributed by atoms with E-state index < -0.39 is 26.7 Å². The number of nitrogens with two attached hydrogens (primary N) is 1. The highest BCUT2D eigenvalue weighted by atomic mass is 32.2. The second-order valence-corrected chi connectivity index (χ2v) is 7.35. The van der Waals surface area contributed by atoms with Crippen molar-refractivity contribution in [3.8, 4) is 0 Å². The third kappa shape index (κ3) is 4.52. The molecule has 1 aliphatic rings. The van der Waals surface area contributed by atoms with Crippen LogP contribution in [0.5, 0.6) is 0 Å². The van der Waals surface area contributed by atoms with E-state index in [-0.39, 0.29) is 0 Å². The smallest absolute Gasteiger partial charge is 0.239 e. The van der Waals surface area contributed by atoms with Crippen molar-refractivity contribution in [1.29, 1.82) is 0 Å². The number of hydrogen-bond acceptors (Lipinski definition) is 5. The molecule has 1 heterocycles. The molecule has 1 aromatic carbocycles. The summed E-state index contributed by atoms with van der Waals surface area (Å²) < 4.78 is 29.5. The van der Waals surface area contributed by atoms with Gasteiger partial charge in [0.2, 0.25) is 5.91 Å². The first-order valence-corrected chi connectivity index (χ1v) is 8.61. The van der Waals surface area contributed by atoms with E-state index in [0.29, 0.717) is 38.3 Å². The fourth-order valence-corrected chi connectivity index (χ4v) is 3.89. The summed E-state index contributed by atoms with van der Waals surface area (Å²) in [5, 5.41) is 2.13. The van der Waals surface area contributed by atoms with E-state index in [1.807, 2.05) is 6.07 Å². The molecular weight excluding hydrogens is 292 g/mol. The number of carbonyl (C=O) groups is 1. The Morgan fingerprint density at radius 2 is 2.05 bits per heavy atom. The average molecular weight is 312 g/mol. The molecule has 116 valence electrons. The van der Waals surface area contributed by atoms with Crippen molar-refractivity contribution in [3.05, 3.63) is 29.8 Å². The SMILES string of the molecule is NCc1cccc(NC(=O)CS(=O)(=O)C2CCOCC2)c1. The first kappa shape index (κ1) is 15.9. The van der Waals surface area contributed by atoms with Crippen molar-refractivity contribution in [2.75, 3.05) is 24.3 Å². The minimum absolute atomic E-state index is 0.365. The fraction of sp³-hybridized carbons (Fsp3) is 0.500. The van der Waals surface area contributed by atoms with Gasteiger partial charge in [0.15, 0.2) is 9.84 Å². The van der Waals surface area contributed by atoms with Crippen molar-refractivity contribution >= 4 is 21.4 Å². The van der Waals surface area contributed by atoms with Gasteiger partial charge in [-0.05, 0) is 30.5 Å². The predicted octanol–water partition coefficient (Wildman–Crippen LogP) is 0.678. The van der Waals surface area contributed by atoms with Crippen molar-refractivity contribution in [2.45, 2.75) is 24.6 Å². The number of ether oxygens (including phenoxy) is 1. The zero-order valence-electron chi connectivity index (χ0n) is 11.7. The van der Waals surface area contributed by atoms with Crippen LogP contribution in [0.15, 0.2) is 24.3 Å². The maximum atomic E-state index is 12.2. The highest BCUT2D eigenvalue weighted by Crippen LogP contribution is 2.17. The van der Waals surface area contributed by atoms with Gasteiger partial charge in [-0.2, -0.15) is 0 Å². The number of nitrogens with one attached hydrogen (secondary N) is 1. The number of amides is 1. The molecule has 1 fully saturated rings. The molecule has 21 heavy (non-hydrogen) atoms. The number of benzene rings is 1. The number of carbonyl (C=O) groups excluding carboxylic acids is 1. The molecule has 0 bridgehead atoms. The summed E-state index contributed by atoms with van der Waals surface area (Å²) in [6.45, 7) is 1.23. The lowest BCUT2D eigenvalue weighted by Crippen LogP contribution is -2.34. The molecule has 1 amide bonds. The van der Waals surface area contributed by atoms with Crippen LogP contribution in [0.2, 0.25) is 0 Å². The summed E-state index contributed by atoms with van der Waals surface area (Å²) >= 11 is 0. The first-order valence-electron chi connectivity index (χ1n) is 6.89. The van der Waals surface area contributed by atoms with Gasteiger partial charge < -0.3 is 15.8 Å². The summed E-state index contributed by atoms with van der Waals surface area (Å²) in [7, 11) is -3.44. The monoisotopic (exact) mass is 312 g/mol. The van der Waals surface area contributed by atoms with Gasteiger partial charge in [-0.25, -0.2) is 8.42 Å². The summed E-state index contributed by atoms with van der Waals surface area (Å²) in [5.74, 6) is -1.01. The Bertz CT molecular complexity index is 595. The maximum absolute atomic E-state index is 12.2. The van der Waals surface area contributed by atoms with Crippen LogP contribution in [0.1, 0.15) is 18.4 Å². The zero-order valence-corrected chi connectivity index (χ0v) is 12.6. The molecular formula is C14H20N2O4S. The first-order chi connectivity index (χ1) is 10.0. The van der Waals surface area contributed by atoms with Crippen molar-refractivity contribution in [1.82, 2.24) is 0 Å². The summed E-state index contributed by atoms with van der Waals surface area (Å²) in [6, 6.07) is 7.05. The van der Waals surface area contributed by atoms with Gasteiger partial charge >= 0.3 is 0 Å². The molecule has 0 saturated carbocycles. The number of sulfone groups is 1. The van der Waals surface area contributed by atoms with Gasteiger partial charge in [0, 0.05) is 25.4 Å². The largest absolute Gasteiger partial charge is 0.381 e. The van der Waals surface area contributed by atoms with Gasteiger partial charge in [-0.1, -0.05) is 12.1 Å². The van der Waals surface area contributed by atoms with Gasteiger partial charge in [0.05, 0.1) is 5.25 Å². The Morgan fingerprint density at radius 1 is 1.33 bits per heavy atom. The number of rotatable bonds is 5. The topological polar surface area (TPSA) is 98.5 Å². The van der Waals surface area contributed by atoms with Crippen LogP contribution in [0.4, 0.5) is 5.69 Å². The quantitative estimate of drug-likeness (QED) is 0.833. The van der Waals surface area contributed by atoms with Crippen LogP contribution in [0, 0.1) is 0 Å². The molecule has 0 atom stereocenters. The zero-order chi connectivity index (χ0) is 15.3. The van der Waals surface area contributed by atoms with E-state index >= 15 is 0 Å². The van der Waals surface area contributed by atoms with Crippen molar-refractivity contribution in [2.24, 2.45) is 5.73 Å². The predicted molar refractivity (Wildman–Crippen MR) is 80.6 cm³/mol. The molecule has 3 N–H and O–H groups in total. The minimum atomic E-state index is -3.44. The third-order valence-electron chi connectivity index (χ3n) is 3.45. The van der Waals surface area contributed by atoms with E-state index in [0.717, 1.165) is 5.56 Å². The average Bonchev–Trinajstić information content (AvgIpc) is 2.47. The Labute approximate surface area is 124 Å². The van der Waals surface area contributed by atoms with Crippen molar-refractivity contribution < 1.29 is 17.9 Å². The van der Waals surface area contributed by atoms with Gasteiger partial charge in [0.25, 0.3) is 0 Å². The molecule has 0 aliphatic carbocycles. The lowest BCUT2D eigenvalue weighted by atomic mass is 10.2. The minimum Gasteiger partial charge on any atom is -0.381 e. The van der Waals surface area contributed by atoms with E-state index in [1.54, 1.807) is 18.2 Å². The molecule has 0 radical (unpaired) electrons. The molecule has 6 nitrogen and oxygen atoms in total. The van der Waals surface area contributed by atoms with E-state index in [2.05, 4.69) is 5.32 Å². The lowest BCUT2D eigenvalue weighted by molar-refractivity contribution is -0.113. The standard InChI is InChI=1S/C14H20N2O4S/c15-9-11-2-1-3-12(8-11)16-14(17)10-21(18,19)13-4-6-20-7-5-13/h1-3,8,13H,4-7,9-10,15H2,(H,16,17). The Kier molecular flexibility index (Phi) is 5.33. The van der Waals surface area contributed by atoms with E-state index in [1.165, 1.54) is 0 Å². The maximum Gasteiger partial charge on any atom is 0.239 e. The van der Waals surface area contributed by atoms with Crippen LogP contribution in [0.3, 0.4) is 0 Å². The fourth-order valence-electron chi connectivity index (χ4n) is 2.31. The van der Waals surface area contributed by atoms with Crippen LogP contribution < -0.4 is 11.1 Å². The lowest BCUT2D eigenvalue weighted by Gasteiger charge is -2.21. The summed E-state index contributed by atoms with van der Waals surface area (Å²) in [4.78, 5) is 11.9. The highest BCUT2D eigenvalue weighted by molar-refractivity contribution is 7.92. The van der Waals surface area contributed by atoms with Crippen LogP contribution in [-0.4, -0.2) is 38.5 Å². The molecule has 1 aliphatic heterocycles. The molecule has 1 aromatic rings. The Morgan fingerprint density at radius 3 is 2.71 bits per heavy atom. The van der Waals surface area contributed by atoms with Crippen LogP contribution in [0.25, 0.3) is 0 Å². The molecule has 2 rings (SSSR count). The van der Waals surface area contributed by atoms with Crippen LogP contribution >= 0.6 is 0 Å². The molecule has 1 saturated heterocycles. The second kappa shape index (κ2) is 7.02. The summed E-state index contributed by atoms with van der Waals surface area (Å²) in [6.07, 6.45) is 0.913. The number of anilines is 1. The normalized spacial score (nSPS) is 16.6. The second-order valence-electron chi connectivity index (χ2n) is 5.07. The van der Waals surface area contributed by atoms with Gasteiger partial charge in [0.1, 0.15) is 5.75 Å². The van der Waals surface area contributed by atoms with E-state index in [4.69, 9.17) is 10.5 Å². The highest BCUT2D eigenvalue weighted by Gasteiger charge is 2.29. The van der Waals surface area contributed by atoms with E-state index in [9.17, 15) is 13.2 Å². The summed E-state index contributed by atoms with van der Waals surface area (Å²) in [5.41, 5.74) is 6.96. The molecule has 0 spiro atoms. The molecule has 0 unspecified atom stereocenters. The number of hydrogen-bond donors (Lipinski definition) is 2. The third-order valence-corrected chi connectivity index (χ3v) is 5.61. The molecule has 7 heteroatoms.